The van der Waals surface area contributed by atoms with E-state index in [1.807, 2.05) is 35.2 Å². The second-order valence-electron chi connectivity index (χ2n) is 10.7. The maximum atomic E-state index is 14.0. The molecule has 3 aliphatic heterocycles. The van der Waals surface area contributed by atoms with E-state index in [4.69, 9.17) is 0 Å². The van der Waals surface area contributed by atoms with Gasteiger partial charge in [0.25, 0.3) is 0 Å². The van der Waals surface area contributed by atoms with Crippen molar-refractivity contribution in [2.45, 2.75) is 44.4 Å². The number of hydrogen-bond acceptors (Lipinski definition) is 6. The monoisotopic (exact) mass is 630 g/mol. The Kier molecular flexibility index (Phi) is 8.35. The lowest BCUT2D eigenvalue weighted by atomic mass is 9.97. The molecule has 0 aromatic heterocycles. The lowest BCUT2D eigenvalue weighted by Gasteiger charge is -2.39. The van der Waals surface area contributed by atoms with Crippen LogP contribution in [-0.4, -0.2) is 81.0 Å². The third-order valence-electron chi connectivity index (χ3n) is 8.18. The maximum Gasteiger partial charge on any atom is 0.245 e. The van der Waals surface area contributed by atoms with Gasteiger partial charge in [0, 0.05) is 68.0 Å². The fourth-order valence-corrected chi connectivity index (χ4v) is 8.40. The third-order valence-corrected chi connectivity index (χ3v) is 10.5. The largest absolute Gasteiger partial charge is 0.368 e. The molecule has 3 aliphatic rings. The van der Waals surface area contributed by atoms with Gasteiger partial charge in [-0.25, -0.2) is 8.42 Å². The average Bonchev–Trinajstić information content (AvgIpc) is 3.39. The Balaban J connectivity index is 1.28. The number of sulfonamides is 1. The van der Waals surface area contributed by atoms with Crippen molar-refractivity contribution in [3.8, 4) is 0 Å². The number of hydrogen-bond donors (Lipinski definition) is 0. The highest BCUT2D eigenvalue weighted by Gasteiger charge is 2.39. The predicted molar refractivity (Wildman–Crippen MR) is 157 cm³/mol. The number of fused-ring (bicyclic) bond motifs is 1. The molecule has 0 N–H and O–H groups in total. The first-order chi connectivity index (χ1) is 19.1. The molecule has 3 heterocycles. The maximum absolute atomic E-state index is 14.0. The Morgan fingerprint density at radius 1 is 0.975 bits per heavy atom. The predicted octanol–water partition coefficient (Wildman–Crippen LogP) is 3.70. The standard InChI is InChI=1S/C29H35BrN4O5S/c1-3-27(36)34-12-10-22-17-24(30)18-26(28(22)34)40(38,39)33-11-4-5-23(19-33)29(37)32-15-13-31(14-16-32)25-8-6-21(7-9-25)20(2)35/h6-9,17-18,23H,3-5,10-16,19H2,1-2H3/t23-/m0/s1. The Morgan fingerprint density at radius 2 is 1.68 bits per heavy atom. The molecule has 2 amide bonds. The number of piperazine rings is 1. The van der Waals surface area contributed by atoms with E-state index in [0.717, 1.165) is 11.3 Å². The van der Waals surface area contributed by atoms with Crippen LogP contribution in [0.2, 0.25) is 0 Å². The fraction of sp³-hybridized carbons (Fsp3) is 0.483. The lowest BCUT2D eigenvalue weighted by molar-refractivity contribution is -0.137. The van der Waals surface area contributed by atoms with Crippen molar-refractivity contribution >= 4 is 54.9 Å². The van der Waals surface area contributed by atoms with Crippen LogP contribution in [0.5, 0.6) is 0 Å². The van der Waals surface area contributed by atoms with E-state index < -0.39 is 15.9 Å². The van der Waals surface area contributed by atoms with Gasteiger partial charge in [-0.15, -0.1) is 0 Å². The Bertz CT molecular complexity index is 1420. The molecular weight excluding hydrogens is 596 g/mol. The van der Waals surface area contributed by atoms with E-state index in [0.29, 0.717) is 80.7 Å². The van der Waals surface area contributed by atoms with Crippen molar-refractivity contribution < 1.29 is 22.8 Å². The van der Waals surface area contributed by atoms with Gasteiger partial charge in [0.15, 0.2) is 5.78 Å². The lowest BCUT2D eigenvalue weighted by Crippen LogP contribution is -2.53. The van der Waals surface area contributed by atoms with Gasteiger partial charge in [-0.3, -0.25) is 14.4 Å². The van der Waals surface area contributed by atoms with Gasteiger partial charge in [0.05, 0.1) is 11.6 Å². The highest BCUT2D eigenvalue weighted by molar-refractivity contribution is 9.10. The number of carbonyl (C=O) groups excluding carboxylic acids is 3. The molecule has 2 saturated heterocycles. The SMILES string of the molecule is CCC(=O)N1CCc2cc(Br)cc(S(=O)(=O)N3CCC[C@H](C(=O)N4CCN(c5ccc(C(C)=O)cc5)CC4)C3)c21. The van der Waals surface area contributed by atoms with Gasteiger partial charge in [0.1, 0.15) is 4.90 Å². The van der Waals surface area contributed by atoms with E-state index in [9.17, 15) is 22.8 Å². The average molecular weight is 632 g/mol. The number of piperidine rings is 1. The van der Waals surface area contributed by atoms with Crippen molar-refractivity contribution in [2.24, 2.45) is 5.92 Å². The Morgan fingerprint density at radius 3 is 2.33 bits per heavy atom. The highest BCUT2D eigenvalue weighted by atomic mass is 79.9. The molecule has 1 atom stereocenters. The van der Waals surface area contributed by atoms with E-state index in [-0.39, 0.29) is 29.0 Å². The summed E-state index contributed by atoms with van der Waals surface area (Å²) in [6.45, 7) is 6.73. The number of anilines is 2. The molecule has 2 aromatic rings. The third kappa shape index (κ3) is 5.56. The molecule has 9 nitrogen and oxygen atoms in total. The quantitative estimate of drug-likeness (QED) is 0.452. The first-order valence-electron chi connectivity index (χ1n) is 13.9. The molecule has 214 valence electrons. The molecule has 0 aliphatic carbocycles. The molecule has 0 bridgehead atoms. The van der Waals surface area contributed by atoms with Crippen LogP contribution in [0.15, 0.2) is 45.8 Å². The second-order valence-corrected chi connectivity index (χ2v) is 13.5. The summed E-state index contributed by atoms with van der Waals surface area (Å²) in [5.74, 6) is -0.480. The van der Waals surface area contributed by atoms with Crippen molar-refractivity contribution in [2.75, 3.05) is 55.6 Å². The van der Waals surface area contributed by atoms with Crippen molar-refractivity contribution in [3.63, 3.8) is 0 Å². The number of rotatable bonds is 6. The van der Waals surface area contributed by atoms with Gasteiger partial charge in [-0.1, -0.05) is 22.9 Å². The van der Waals surface area contributed by atoms with Crippen LogP contribution in [0.25, 0.3) is 0 Å². The number of halogens is 1. The minimum Gasteiger partial charge on any atom is -0.368 e. The van der Waals surface area contributed by atoms with Crippen LogP contribution < -0.4 is 9.80 Å². The molecule has 2 fully saturated rings. The van der Waals surface area contributed by atoms with E-state index in [1.54, 1.807) is 24.8 Å². The molecular formula is C29H35BrN4O5S. The first-order valence-corrected chi connectivity index (χ1v) is 16.1. The van der Waals surface area contributed by atoms with E-state index >= 15 is 0 Å². The van der Waals surface area contributed by atoms with E-state index in [2.05, 4.69) is 20.8 Å². The summed E-state index contributed by atoms with van der Waals surface area (Å²) in [5, 5.41) is 0. The van der Waals surface area contributed by atoms with Gasteiger partial charge < -0.3 is 14.7 Å². The number of amides is 2. The fourth-order valence-electron chi connectivity index (χ4n) is 5.96. The summed E-state index contributed by atoms with van der Waals surface area (Å²) in [7, 11) is -3.93. The number of carbonyl (C=O) groups is 3. The van der Waals surface area contributed by atoms with Crippen LogP contribution in [0.1, 0.15) is 49.0 Å². The van der Waals surface area contributed by atoms with Crippen LogP contribution >= 0.6 is 15.9 Å². The normalized spacial score (nSPS) is 20.0. The Hall–Kier alpha value is -2.76. The summed E-state index contributed by atoms with van der Waals surface area (Å²) in [6.07, 6.45) is 2.16. The highest BCUT2D eigenvalue weighted by Crippen LogP contribution is 2.40. The number of Topliss-reactive ketones (excluding diaryl/α,β-unsaturated/α-hetero) is 1. The number of benzene rings is 2. The molecule has 5 rings (SSSR count). The van der Waals surface area contributed by atoms with Crippen LogP contribution in [-0.2, 0) is 26.0 Å². The molecule has 0 radical (unpaired) electrons. The summed E-state index contributed by atoms with van der Waals surface area (Å²) >= 11 is 3.46. The molecule has 0 spiro atoms. The minimum atomic E-state index is -3.93. The number of ketones is 1. The zero-order valence-corrected chi connectivity index (χ0v) is 25.3. The zero-order valence-electron chi connectivity index (χ0n) is 22.9. The summed E-state index contributed by atoms with van der Waals surface area (Å²) in [6, 6.07) is 11.0. The van der Waals surface area contributed by atoms with Gasteiger partial charge >= 0.3 is 0 Å². The van der Waals surface area contributed by atoms with E-state index in [1.165, 1.54) is 4.31 Å². The molecule has 0 unspecified atom stereocenters. The van der Waals surface area contributed by atoms with Crippen LogP contribution in [0, 0.1) is 5.92 Å². The summed E-state index contributed by atoms with van der Waals surface area (Å²) in [4.78, 5) is 43.5. The molecule has 0 saturated carbocycles. The summed E-state index contributed by atoms with van der Waals surface area (Å²) < 4.78 is 30.1. The van der Waals surface area contributed by atoms with Gasteiger partial charge in [0.2, 0.25) is 21.8 Å². The second kappa shape index (κ2) is 11.6. The zero-order chi connectivity index (χ0) is 28.6. The van der Waals surface area contributed by atoms with Crippen molar-refractivity contribution in [3.05, 3.63) is 52.0 Å². The minimum absolute atomic E-state index is 0.00580. The van der Waals surface area contributed by atoms with Crippen molar-refractivity contribution in [1.29, 1.82) is 0 Å². The van der Waals surface area contributed by atoms with Crippen LogP contribution in [0.3, 0.4) is 0 Å². The summed E-state index contributed by atoms with van der Waals surface area (Å²) in [5.41, 5.74) is 3.01. The molecule has 40 heavy (non-hydrogen) atoms. The smallest absolute Gasteiger partial charge is 0.245 e. The van der Waals surface area contributed by atoms with Crippen LogP contribution in [0.4, 0.5) is 11.4 Å². The van der Waals surface area contributed by atoms with Crippen molar-refractivity contribution in [1.82, 2.24) is 9.21 Å². The molecule has 2 aromatic carbocycles. The topological polar surface area (TPSA) is 98.3 Å². The molecule has 11 heteroatoms. The van der Waals surface area contributed by atoms with Gasteiger partial charge in [-0.2, -0.15) is 4.31 Å². The number of nitrogens with zero attached hydrogens (tertiary/aromatic N) is 4. The first kappa shape index (κ1) is 28.8. The van der Waals surface area contributed by atoms with Gasteiger partial charge in [-0.05, 0) is 68.1 Å². The Labute approximate surface area is 244 Å².